The fourth-order valence-corrected chi connectivity index (χ4v) is 8.91. The van der Waals surface area contributed by atoms with E-state index in [1.165, 1.54) is 0 Å². The van der Waals surface area contributed by atoms with E-state index in [0.29, 0.717) is 0 Å². The summed E-state index contributed by atoms with van der Waals surface area (Å²) >= 11 is 6.60. The maximum Gasteiger partial charge on any atom is 0.117 e. The van der Waals surface area contributed by atoms with Gasteiger partial charge in [0, 0.05) is 0 Å². The summed E-state index contributed by atoms with van der Waals surface area (Å²) in [5.41, 5.74) is 6.82. The summed E-state index contributed by atoms with van der Waals surface area (Å²) in [5.74, 6) is 0. The van der Waals surface area contributed by atoms with Gasteiger partial charge in [-0.3, -0.25) is 0 Å². The topological polar surface area (TPSA) is 77.3 Å². The fraction of sp³-hybridized carbons (Fsp3) is 0. The van der Waals surface area contributed by atoms with Crippen LogP contribution in [0.15, 0.2) is 97.1 Å². The summed E-state index contributed by atoms with van der Waals surface area (Å²) in [6, 6.07) is 32.7. The monoisotopic (exact) mass is 716 g/mol. The molecular weight excluding hydrogens is 693 g/mol. The van der Waals surface area contributed by atoms with Gasteiger partial charge in [-0.15, -0.1) is 45.3 Å². The average Bonchev–Trinajstić information content (AvgIpc) is 3.95. The van der Waals surface area contributed by atoms with Gasteiger partial charge in [0.15, 0.2) is 0 Å². The van der Waals surface area contributed by atoms with E-state index in [9.17, 15) is 0 Å². The molecular formula is C40H24N6S4. The van der Waals surface area contributed by atoms with Gasteiger partial charge in [-0.25, -0.2) is 29.9 Å². The maximum absolute atomic E-state index is 5.20. The first kappa shape index (κ1) is 30.5. The lowest BCUT2D eigenvalue weighted by atomic mass is 10.2. The zero-order chi connectivity index (χ0) is 33.3. The van der Waals surface area contributed by atoms with Gasteiger partial charge in [0.2, 0.25) is 0 Å². The molecule has 5 aromatic heterocycles. The zero-order valence-electron chi connectivity index (χ0n) is 26.2. The molecule has 9 rings (SSSR count). The third kappa shape index (κ3) is 6.45. The second-order valence-corrected chi connectivity index (χ2v) is 15.4. The van der Waals surface area contributed by atoms with Gasteiger partial charge in [-0.2, -0.15) is 0 Å². The Hall–Kier alpha value is -5.52. The largest absolute Gasteiger partial charge is 0.245 e. The molecule has 0 radical (unpaired) electrons. The summed E-state index contributed by atoms with van der Waals surface area (Å²) in [7, 11) is 0. The van der Waals surface area contributed by atoms with Crippen LogP contribution in [0.4, 0.5) is 0 Å². The molecule has 0 N–H and O–H groups in total. The predicted molar refractivity (Wildman–Crippen MR) is 216 cm³/mol. The van der Waals surface area contributed by atoms with Gasteiger partial charge in [0.25, 0.3) is 0 Å². The number of para-hydroxylation sites is 4. The summed E-state index contributed by atoms with van der Waals surface area (Å²) in [4.78, 5) is 29.7. The number of hydrogen-bond donors (Lipinski definition) is 0. The van der Waals surface area contributed by atoms with Gasteiger partial charge in [0.1, 0.15) is 20.0 Å². The lowest BCUT2D eigenvalue weighted by Gasteiger charge is -2.06. The van der Waals surface area contributed by atoms with Crippen molar-refractivity contribution in [1.82, 2.24) is 29.9 Å². The quantitative estimate of drug-likeness (QED) is 0.156. The molecule has 6 nitrogen and oxygen atoms in total. The Bertz CT molecular complexity index is 2290. The van der Waals surface area contributed by atoms with Crippen molar-refractivity contribution in [1.29, 1.82) is 0 Å². The molecule has 10 heteroatoms. The van der Waals surface area contributed by atoms with Crippen LogP contribution in [-0.2, 0) is 0 Å². The first-order valence-electron chi connectivity index (χ1n) is 15.8. The molecule has 50 heavy (non-hydrogen) atoms. The lowest BCUT2D eigenvalue weighted by molar-refractivity contribution is 1.12. The molecule has 0 aliphatic carbocycles. The van der Waals surface area contributed by atoms with E-state index in [0.717, 1.165) is 83.7 Å². The normalized spacial score (nSPS) is 12.5. The van der Waals surface area contributed by atoms with Gasteiger partial charge < -0.3 is 0 Å². The third-order valence-corrected chi connectivity index (χ3v) is 11.8. The molecule has 0 amide bonds. The van der Waals surface area contributed by atoms with Crippen molar-refractivity contribution < 1.29 is 0 Å². The summed E-state index contributed by atoms with van der Waals surface area (Å²) in [5, 5.41) is 3.61. The molecule has 238 valence electrons. The van der Waals surface area contributed by atoms with E-state index in [1.807, 2.05) is 121 Å². The molecule has 0 fully saturated rings. The number of aromatic nitrogens is 6. The molecule has 0 aliphatic rings. The third-order valence-electron chi connectivity index (χ3n) is 7.78. The van der Waals surface area contributed by atoms with E-state index in [2.05, 4.69) is 24.3 Å². The number of thiazole rings is 4. The second kappa shape index (κ2) is 13.4. The molecule has 0 aliphatic heterocycles. The molecule has 0 bridgehead atoms. The highest BCUT2D eigenvalue weighted by Gasteiger charge is 2.11. The minimum Gasteiger partial charge on any atom is -0.245 e. The Morgan fingerprint density at radius 3 is 0.760 bits per heavy atom. The molecule has 0 atom stereocenters. The molecule has 0 unspecified atom stereocenters. The molecule has 0 saturated carbocycles. The van der Waals surface area contributed by atoms with Crippen LogP contribution in [0.3, 0.4) is 0 Å². The van der Waals surface area contributed by atoms with E-state index in [-0.39, 0.29) is 0 Å². The highest BCUT2D eigenvalue weighted by Crippen LogP contribution is 2.28. The number of nitrogens with zero attached hydrogens (tertiary/aromatic N) is 6. The number of hydrogen-bond acceptors (Lipinski definition) is 10. The van der Waals surface area contributed by atoms with Crippen LogP contribution in [0, 0.1) is 0 Å². The molecule has 4 aromatic carbocycles. The number of rotatable bonds is 8. The summed E-state index contributed by atoms with van der Waals surface area (Å²) in [6.45, 7) is 0. The fourth-order valence-electron chi connectivity index (χ4n) is 5.43. The molecule has 5 heterocycles. The van der Waals surface area contributed by atoms with Crippen molar-refractivity contribution in [3.63, 3.8) is 0 Å². The first-order chi connectivity index (χ1) is 24.7. The number of benzene rings is 4. The Kier molecular flexibility index (Phi) is 8.19. The van der Waals surface area contributed by atoms with Crippen LogP contribution in [0.25, 0.3) is 89.5 Å². The zero-order valence-corrected chi connectivity index (χ0v) is 29.4. The first-order valence-corrected chi connectivity index (χ1v) is 19.0. The summed E-state index contributed by atoms with van der Waals surface area (Å²) in [6.07, 6.45) is 16.1. The van der Waals surface area contributed by atoms with Crippen molar-refractivity contribution in [2.45, 2.75) is 0 Å². The van der Waals surface area contributed by atoms with E-state index in [4.69, 9.17) is 29.9 Å². The minimum absolute atomic E-state index is 0.725. The molecule has 0 saturated heterocycles. The Balaban J connectivity index is 1.16. The van der Waals surface area contributed by atoms with Crippen molar-refractivity contribution in [2.75, 3.05) is 0 Å². The van der Waals surface area contributed by atoms with Crippen LogP contribution in [0.2, 0.25) is 0 Å². The summed E-state index contributed by atoms with van der Waals surface area (Å²) < 4.78 is 4.57. The van der Waals surface area contributed by atoms with Crippen LogP contribution in [0.5, 0.6) is 0 Å². The lowest BCUT2D eigenvalue weighted by Crippen LogP contribution is -1.99. The predicted octanol–water partition coefficient (Wildman–Crippen LogP) is 11.6. The molecule has 9 aromatic rings. The van der Waals surface area contributed by atoms with Crippen LogP contribution < -0.4 is 0 Å². The van der Waals surface area contributed by atoms with Crippen LogP contribution >= 0.6 is 45.3 Å². The van der Waals surface area contributed by atoms with E-state index < -0.39 is 0 Å². The minimum atomic E-state index is 0.725. The van der Waals surface area contributed by atoms with Crippen LogP contribution in [0.1, 0.15) is 42.8 Å². The Morgan fingerprint density at radius 1 is 0.280 bits per heavy atom. The maximum atomic E-state index is 5.20. The highest BCUT2D eigenvalue weighted by molar-refractivity contribution is 7.20. The van der Waals surface area contributed by atoms with Crippen molar-refractivity contribution >= 4 is 135 Å². The number of fused-ring (bicyclic) bond motifs is 4. The van der Waals surface area contributed by atoms with Gasteiger partial charge in [-0.1, -0.05) is 48.5 Å². The van der Waals surface area contributed by atoms with E-state index in [1.54, 1.807) is 45.3 Å². The van der Waals surface area contributed by atoms with Gasteiger partial charge >= 0.3 is 0 Å². The van der Waals surface area contributed by atoms with Gasteiger partial charge in [0.05, 0.1) is 63.6 Å². The smallest absolute Gasteiger partial charge is 0.117 e. The average molecular weight is 717 g/mol. The Labute approximate surface area is 302 Å². The van der Waals surface area contributed by atoms with Crippen molar-refractivity contribution in [3.8, 4) is 0 Å². The Morgan fingerprint density at radius 2 is 0.520 bits per heavy atom. The second-order valence-electron chi connectivity index (χ2n) is 11.2. The van der Waals surface area contributed by atoms with Gasteiger partial charge in [-0.05, 0) is 97.1 Å². The van der Waals surface area contributed by atoms with E-state index >= 15 is 0 Å². The molecule has 0 spiro atoms. The van der Waals surface area contributed by atoms with Crippen molar-refractivity contribution in [2.24, 2.45) is 0 Å². The van der Waals surface area contributed by atoms with Crippen LogP contribution in [-0.4, -0.2) is 29.9 Å². The van der Waals surface area contributed by atoms with Crippen molar-refractivity contribution in [3.05, 3.63) is 140 Å². The highest BCUT2D eigenvalue weighted by atomic mass is 32.1. The SMILES string of the molecule is C(=Cc1nc(C=Cc2nc3ccccc3s2)c(C=Cc2nc3ccccc3s2)nc1C=Cc1nc2ccccc2s1)c1nc2ccccc2s1. The standard InChI is InChI=1S/C40H24N6S4/c1-5-13-33-29(9-1)43-37(47-33)21-17-25-26(18-22-38-44-30-10-2-6-14-34(30)48-38)42-28(20-24-40-46-32-12-4-8-16-36(32)50-40)27(41-25)19-23-39-45-31-11-3-7-15-35(31)49-39/h1-24H.